The van der Waals surface area contributed by atoms with E-state index >= 15 is 0 Å². The first-order valence-corrected chi connectivity index (χ1v) is 7.09. The third-order valence-electron chi connectivity index (χ3n) is 3.30. The van der Waals surface area contributed by atoms with Gasteiger partial charge in [0.15, 0.2) is 0 Å². The smallest absolute Gasteiger partial charge is 0.272 e. The molecular formula is C16H20N2O2. The van der Waals surface area contributed by atoms with Gasteiger partial charge in [-0.2, -0.15) is 0 Å². The van der Waals surface area contributed by atoms with Crippen molar-refractivity contribution in [1.82, 2.24) is 9.88 Å². The quantitative estimate of drug-likeness (QED) is 0.830. The zero-order valence-corrected chi connectivity index (χ0v) is 11.8. The molecule has 1 heterocycles. The summed E-state index contributed by atoms with van der Waals surface area (Å²) >= 11 is 0. The van der Waals surface area contributed by atoms with Crippen LogP contribution in [0.25, 0.3) is 0 Å². The molecule has 1 aliphatic rings. The van der Waals surface area contributed by atoms with Crippen LogP contribution in [0.4, 0.5) is 0 Å². The molecule has 4 heteroatoms. The van der Waals surface area contributed by atoms with E-state index in [1.54, 1.807) is 18.3 Å². The number of nitrogens with zero attached hydrogens (tertiary/aromatic N) is 2. The summed E-state index contributed by atoms with van der Waals surface area (Å²) in [6, 6.07) is 3.52. The molecule has 0 atom stereocenters. The third kappa shape index (κ3) is 4.07. The van der Waals surface area contributed by atoms with Crippen LogP contribution in [0.15, 0.2) is 18.3 Å². The van der Waals surface area contributed by atoms with Gasteiger partial charge in [0.1, 0.15) is 5.69 Å². The van der Waals surface area contributed by atoms with Gasteiger partial charge in [-0.15, -0.1) is 0 Å². The van der Waals surface area contributed by atoms with Crippen molar-refractivity contribution in [1.29, 1.82) is 0 Å². The number of aliphatic hydroxyl groups excluding tert-OH is 1. The van der Waals surface area contributed by atoms with E-state index in [9.17, 15) is 4.79 Å². The molecule has 1 N–H and O–H groups in total. The van der Waals surface area contributed by atoms with E-state index in [0.29, 0.717) is 18.0 Å². The van der Waals surface area contributed by atoms with Crippen molar-refractivity contribution in [2.45, 2.75) is 26.2 Å². The lowest BCUT2D eigenvalue weighted by Gasteiger charge is -2.20. The van der Waals surface area contributed by atoms with E-state index in [1.807, 2.05) is 11.8 Å². The van der Waals surface area contributed by atoms with Crippen molar-refractivity contribution in [3.63, 3.8) is 0 Å². The second kappa shape index (κ2) is 7.06. The monoisotopic (exact) mass is 272 g/mol. The van der Waals surface area contributed by atoms with E-state index in [4.69, 9.17) is 5.11 Å². The van der Waals surface area contributed by atoms with Gasteiger partial charge in [0.05, 0.1) is 6.61 Å². The van der Waals surface area contributed by atoms with Crippen molar-refractivity contribution in [3.8, 4) is 11.8 Å². The summed E-state index contributed by atoms with van der Waals surface area (Å²) in [5, 5.41) is 8.66. The molecule has 4 nitrogen and oxygen atoms in total. The standard InChI is InChI=1S/C16H20N2O2/c1-2-18(12-14-6-7-14)16(20)15-9-8-13(11-17-15)5-3-4-10-19/h8-9,11,14,19H,2,4,6-7,10,12H2,1H3. The van der Waals surface area contributed by atoms with E-state index < -0.39 is 0 Å². The minimum Gasteiger partial charge on any atom is -0.395 e. The topological polar surface area (TPSA) is 53.4 Å². The number of pyridine rings is 1. The molecule has 0 unspecified atom stereocenters. The summed E-state index contributed by atoms with van der Waals surface area (Å²) in [5.41, 5.74) is 1.24. The maximum atomic E-state index is 12.3. The van der Waals surface area contributed by atoms with Gasteiger partial charge in [0.2, 0.25) is 0 Å². The molecule has 1 amide bonds. The predicted molar refractivity (Wildman–Crippen MR) is 77.1 cm³/mol. The zero-order chi connectivity index (χ0) is 14.4. The maximum absolute atomic E-state index is 12.3. The summed E-state index contributed by atoms with van der Waals surface area (Å²) in [5.74, 6) is 6.41. The van der Waals surface area contributed by atoms with Crippen LogP contribution in [-0.4, -0.2) is 40.6 Å². The van der Waals surface area contributed by atoms with Gasteiger partial charge in [0.25, 0.3) is 5.91 Å². The highest BCUT2D eigenvalue weighted by molar-refractivity contribution is 5.92. The van der Waals surface area contributed by atoms with Gasteiger partial charge in [-0.05, 0) is 37.8 Å². The van der Waals surface area contributed by atoms with Crippen molar-refractivity contribution in [2.24, 2.45) is 5.92 Å². The average Bonchev–Trinajstić information content (AvgIpc) is 3.29. The largest absolute Gasteiger partial charge is 0.395 e. The molecular weight excluding hydrogens is 252 g/mol. The molecule has 106 valence electrons. The van der Waals surface area contributed by atoms with Crippen LogP contribution in [0.2, 0.25) is 0 Å². The molecule has 0 spiro atoms. The Morgan fingerprint density at radius 1 is 1.50 bits per heavy atom. The van der Waals surface area contributed by atoms with E-state index in [-0.39, 0.29) is 12.5 Å². The molecule has 1 fully saturated rings. The Labute approximate surface area is 119 Å². The van der Waals surface area contributed by atoms with Gasteiger partial charge < -0.3 is 10.0 Å². The molecule has 0 aromatic carbocycles. The van der Waals surface area contributed by atoms with Crippen LogP contribution in [0.3, 0.4) is 0 Å². The summed E-state index contributed by atoms with van der Waals surface area (Å²) in [6.07, 6.45) is 4.53. The fourth-order valence-electron chi connectivity index (χ4n) is 1.94. The molecule has 20 heavy (non-hydrogen) atoms. The second-order valence-electron chi connectivity index (χ2n) is 4.99. The first-order valence-electron chi connectivity index (χ1n) is 7.09. The average molecular weight is 272 g/mol. The minimum atomic E-state index is -0.00531. The highest BCUT2D eigenvalue weighted by Crippen LogP contribution is 2.29. The number of carbonyl (C=O) groups is 1. The molecule has 0 aliphatic heterocycles. The Bertz CT molecular complexity index is 510. The Balaban J connectivity index is 2.00. The van der Waals surface area contributed by atoms with Crippen molar-refractivity contribution >= 4 is 5.91 Å². The summed E-state index contributed by atoms with van der Waals surface area (Å²) < 4.78 is 0. The normalized spacial score (nSPS) is 13.5. The summed E-state index contributed by atoms with van der Waals surface area (Å²) in [4.78, 5) is 18.4. The molecule has 1 aromatic heterocycles. The molecule has 1 aromatic rings. The van der Waals surface area contributed by atoms with Crippen LogP contribution in [0, 0.1) is 17.8 Å². The summed E-state index contributed by atoms with van der Waals surface area (Å²) in [6.45, 7) is 3.61. The highest BCUT2D eigenvalue weighted by Gasteiger charge is 2.26. The lowest BCUT2D eigenvalue weighted by atomic mass is 10.2. The van der Waals surface area contributed by atoms with E-state index in [0.717, 1.165) is 18.7 Å². The molecule has 0 radical (unpaired) electrons. The van der Waals surface area contributed by atoms with Crippen LogP contribution < -0.4 is 0 Å². The number of amides is 1. The number of rotatable bonds is 5. The Morgan fingerprint density at radius 2 is 2.30 bits per heavy atom. The number of carbonyl (C=O) groups excluding carboxylic acids is 1. The molecule has 0 saturated heterocycles. The van der Waals surface area contributed by atoms with Crippen LogP contribution in [-0.2, 0) is 0 Å². The van der Waals surface area contributed by atoms with Crippen LogP contribution >= 0.6 is 0 Å². The van der Waals surface area contributed by atoms with Crippen molar-refractivity contribution in [2.75, 3.05) is 19.7 Å². The molecule has 0 bridgehead atoms. The fraction of sp³-hybridized carbons (Fsp3) is 0.500. The second-order valence-corrected chi connectivity index (χ2v) is 4.99. The van der Waals surface area contributed by atoms with Gasteiger partial charge in [-0.25, -0.2) is 4.98 Å². The highest BCUT2D eigenvalue weighted by atomic mass is 16.2. The molecule has 1 aliphatic carbocycles. The first kappa shape index (κ1) is 14.5. The Morgan fingerprint density at radius 3 is 2.85 bits per heavy atom. The first-order chi connectivity index (χ1) is 9.74. The number of aliphatic hydroxyl groups is 1. The lowest BCUT2D eigenvalue weighted by molar-refractivity contribution is 0.0751. The Kier molecular flexibility index (Phi) is 5.14. The lowest BCUT2D eigenvalue weighted by Crippen LogP contribution is -2.33. The predicted octanol–water partition coefficient (Wildman–Crippen LogP) is 1.69. The molecule has 1 saturated carbocycles. The summed E-state index contributed by atoms with van der Waals surface area (Å²) in [7, 11) is 0. The Hall–Kier alpha value is -1.86. The number of hydrogen-bond donors (Lipinski definition) is 1. The minimum absolute atomic E-state index is 0.00531. The number of hydrogen-bond acceptors (Lipinski definition) is 3. The van der Waals surface area contributed by atoms with Gasteiger partial charge in [-0.3, -0.25) is 4.79 Å². The maximum Gasteiger partial charge on any atom is 0.272 e. The third-order valence-corrected chi connectivity index (χ3v) is 3.30. The SMILES string of the molecule is CCN(CC1CC1)C(=O)c1ccc(C#CCCO)cn1. The van der Waals surface area contributed by atoms with Gasteiger partial charge >= 0.3 is 0 Å². The van der Waals surface area contributed by atoms with Gasteiger partial charge in [-0.1, -0.05) is 11.8 Å². The van der Waals surface area contributed by atoms with Crippen molar-refractivity contribution < 1.29 is 9.90 Å². The fourth-order valence-corrected chi connectivity index (χ4v) is 1.94. The number of aromatic nitrogens is 1. The zero-order valence-electron chi connectivity index (χ0n) is 11.8. The van der Waals surface area contributed by atoms with E-state index in [2.05, 4.69) is 16.8 Å². The van der Waals surface area contributed by atoms with Crippen LogP contribution in [0.1, 0.15) is 42.2 Å². The van der Waals surface area contributed by atoms with Gasteiger partial charge in [0, 0.05) is 31.3 Å². The van der Waals surface area contributed by atoms with Crippen LogP contribution in [0.5, 0.6) is 0 Å². The molecule has 2 rings (SSSR count). The van der Waals surface area contributed by atoms with E-state index in [1.165, 1.54) is 12.8 Å². The van der Waals surface area contributed by atoms with Crippen molar-refractivity contribution in [3.05, 3.63) is 29.6 Å².